The standard InChI is InChI=1S/C15H28N2O.ClH/c16-14-9-8-13(10-14)15(18)17-11-12-6-4-2-1-3-5-7-12;/h12-14H,1-11,16H2,(H,17,18);1H. The van der Waals surface area contributed by atoms with Crippen molar-refractivity contribution in [3.63, 3.8) is 0 Å². The number of carbonyl (C=O) groups is 1. The molecule has 0 aliphatic heterocycles. The third-order valence-corrected chi connectivity index (χ3v) is 4.63. The zero-order valence-electron chi connectivity index (χ0n) is 11.9. The van der Waals surface area contributed by atoms with Gasteiger partial charge in [-0.2, -0.15) is 0 Å². The van der Waals surface area contributed by atoms with Crippen LogP contribution in [0.1, 0.15) is 64.2 Å². The molecule has 0 heterocycles. The van der Waals surface area contributed by atoms with Crippen LogP contribution in [0.3, 0.4) is 0 Å². The number of hydrogen-bond donors (Lipinski definition) is 2. The van der Waals surface area contributed by atoms with Crippen LogP contribution in [-0.2, 0) is 4.79 Å². The highest BCUT2D eigenvalue weighted by Gasteiger charge is 2.27. The van der Waals surface area contributed by atoms with E-state index in [1.165, 1.54) is 44.9 Å². The van der Waals surface area contributed by atoms with Crippen LogP contribution in [0.25, 0.3) is 0 Å². The third-order valence-electron chi connectivity index (χ3n) is 4.63. The zero-order chi connectivity index (χ0) is 12.8. The van der Waals surface area contributed by atoms with Gasteiger partial charge in [0.2, 0.25) is 5.91 Å². The van der Waals surface area contributed by atoms with E-state index in [4.69, 9.17) is 5.73 Å². The van der Waals surface area contributed by atoms with Gasteiger partial charge in [0, 0.05) is 18.5 Å². The Labute approximate surface area is 123 Å². The first-order valence-electron chi connectivity index (χ1n) is 7.79. The van der Waals surface area contributed by atoms with Gasteiger partial charge in [-0.3, -0.25) is 4.79 Å². The summed E-state index contributed by atoms with van der Waals surface area (Å²) in [6.07, 6.45) is 12.3. The number of amides is 1. The van der Waals surface area contributed by atoms with Crippen LogP contribution >= 0.6 is 12.4 Å². The van der Waals surface area contributed by atoms with Crippen molar-refractivity contribution in [2.45, 2.75) is 70.3 Å². The Kier molecular flexibility index (Phi) is 7.77. The largest absolute Gasteiger partial charge is 0.356 e. The van der Waals surface area contributed by atoms with Gasteiger partial charge in [-0.1, -0.05) is 32.1 Å². The Morgan fingerprint density at radius 2 is 1.63 bits per heavy atom. The van der Waals surface area contributed by atoms with Gasteiger partial charge in [0.1, 0.15) is 0 Å². The molecule has 2 aliphatic carbocycles. The Bertz CT molecular complexity index is 265. The van der Waals surface area contributed by atoms with Gasteiger partial charge in [0.15, 0.2) is 0 Å². The maximum Gasteiger partial charge on any atom is 0.223 e. The fraction of sp³-hybridized carbons (Fsp3) is 0.933. The summed E-state index contributed by atoms with van der Waals surface area (Å²) < 4.78 is 0. The monoisotopic (exact) mass is 288 g/mol. The molecule has 0 aromatic rings. The molecule has 112 valence electrons. The van der Waals surface area contributed by atoms with Crippen molar-refractivity contribution in [1.29, 1.82) is 0 Å². The maximum absolute atomic E-state index is 12.0. The SMILES string of the molecule is Cl.NC1CCC(C(=O)NCC2CCCCCCC2)C1. The van der Waals surface area contributed by atoms with E-state index in [0.717, 1.165) is 25.8 Å². The molecule has 0 radical (unpaired) electrons. The van der Waals surface area contributed by atoms with E-state index in [1.54, 1.807) is 0 Å². The van der Waals surface area contributed by atoms with E-state index in [-0.39, 0.29) is 30.3 Å². The predicted molar refractivity (Wildman–Crippen MR) is 81.4 cm³/mol. The molecule has 2 saturated carbocycles. The van der Waals surface area contributed by atoms with Crippen molar-refractivity contribution in [2.24, 2.45) is 17.6 Å². The molecule has 4 heteroatoms. The first-order chi connectivity index (χ1) is 8.75. The predicted octanol–water partition coefficient (Wildman–Crippen LogP) is 3.01. The van der Waals surface area contributed by atoms with Crippen LogP contribution in [0.5, 0.6) is 0 Å². The van der Waals surface area contributed by atoms with Crippen LogP contribution in [0.15, 0.2) is 0 Å². The summed E-state index contributed by atoms with van der Waals surface area (Å²) >= 11 is 0. The summed E-state index contributed by atoms with van der Waals surface area (Å²) in [6.45, 7) is 0.893. The lowest BCUT2D eigenvalue weighted by Crippen LogP contribution is -2.34. The van der Waals surface area contributed by atoms with Gasteiger partial charge < -0.3 is 11.1 Å². The maximum atomic E-state index is 12.0. The molecule has 0 spiro atoms. The highest BCUT2D eigenvalue weighted by molar-refractivity contribution is 5.85. The summed E-state index contributed by atoms with van der Waals surface area (Å²) in [5.41, 5.74) is 5.86. The van der Waals surface area contributed by atoms with E-state index >= 15 is 0 Å². The Morgan fingerprint density at radius 3 is 2.21 bits per heavy atom. The van der Waals surface area contributed by atoms with Crippen molar-refractivity contribution in [2.75, 3.05) is 6.54 Å². The summed E-state index contributed by atoms with van der Waals surface area (Å²) in [5.74, 6) is 1.16. The molecule has 2 rings (SSSR count). The van der Waals surface area contributed by atoms with Gasteiger partial charge in [-0.05, 0) is 38.0 Å². The van der Waals surface area contributed by atoms with Gasteiger partial charge in [-0.15, -0.1) is 12.4 Å². The van der Waals surface area contributed by atoms with Crippen molar-refractivity contribution >= 4 is 18.3 Å². The Hall–Kier alpha value is -0.280. The number of rotatable bonds is 3. The molecule has 2 unspecified atom stereocenters. The molecule has 2 fully saturated rings. The number of hydrogen-bond acceptors (Lipinski definition) is 2. The third kappa shape index (κ3) is 5.70. The highest BCUT2D eigenvalue weighted by Crippen LogP contribution is 2.25. The van der Waals surface area contributed by atoms with Gasteiger partial charge in [0.25, 0.3) is 0 Å². The van der Waals surface area contributed by atoms with Crippen LogP contribution in [0.2, 0.25) is 0 Å². The van der Waals surface area contributed by atoms with Gasteiger partial charge in [-0.25, -0.2) is 0 Å². The minimum atomic E-state index is 0. The molecule has 0 bridgehead atoms. The topological polar surface area (TPSA) is 55.1 Å². The fourth-order valence-corrected chi connectivity index (χ4v) is 3.39. The average molecular weight is 289 g/mol. The Balaban J connectivity index is 0.00000180. The molecule has 3 nitrogen and oxygen atoms in total. The summed E-state index contributed by atoms with van der Waals surface area (Å²) in [6, 6.07) is 0.252. The molecular weight excluding hydrogens is 260 g/mol. The second-order valence-electron chi connectivity index (χ2n) is 6.23. The molecule has 0 aromatic carbocycles. The lowest BCUT2D eigenvalue weighted by Gasteiger charge is -2.21. The van der Waals surface area contributed by atoms with Crippen LogP contribution in [-0.4, -0.2) is 18.5 Å². The van der Waals surface area contributed by atoms with Crippen molar-refractivity contribution < 1.29 is 4.79 Å². The van der Waals surface area contributed by atoms with Gasteiger partial charge >= 0.3 is 0 Å². The number of carbonyl (C=O) groups excluding carboxylic acids is 1. The Morgan fingerprint density at radius 1 is 1.00 bits per heavy atom. The molecule has 3 N–H and O–H groups in total. The number of nitrogens with one attached hydrogen (secondary N) is 1. The summed E-state index contributed by atoms with van der Waals surface area (Å²) in [5, 5.41) is 3.17. The van der Waals surface area contributed by atoms with E-state index < -0.39 is 0 Å². The van der Waals surface area contributed by atoms with Crippen molar-refractivity contribution in [3.8, 4) is 0 Å². The van der Waals surface area contributed by atoms with E-state index in [1.807, 2.05) is 0 Å². The van der Waals surface area contributed by atoms with E-state index in [0.29, 0.717) is 5.92 Å². The van der Waals surface area contributed by atoms with Crippen LogP contribution in [0.4, 0.5) is 0 Å². The van der Waals surface area contributed by atoms with E-state index in [9.17, 15) is 4.79 Å². The minimum absolute atomic E-state index is 0. The highest BCUT2D eigenvalue weighted by atomic mass is 35.5. The lowest BCUT2D eigenvalue weighted by atomic mass is 9.91. The quantitative estimate of drug-likeness (QED) is 0.839. The molecular formula is C15H29ClN2O. The fourth-order valence-electron chi connectivity index (χ4n) is 3.39. The second kappa shape index (κ2) is 8.80. The summed E-state index contributed by atoms with van der Waals surface area (Å²) in [7, 11) is 0. The van der Waals surface area contributed by atoms with Crippen LogP contribution in [0, 0.1) is 11.8 Å². The normalized spacial score (nSPS) is 29.1. The minimum Gasteiger partial charge on any atom is -0.356 e. The molecule has 0 aromatic heterocycles. The molecule has 1 amide bonds. The smallest absolute Gasteiger partial charge is 0.223 e. The zero-order valence-corrected chi connectivity index (χ0v) is 12.7. The molecule has 2 atom stereocenters. The van der Waals surface area contributed by atoms with Gasteiger partial charge in [0.05, 0.1) is 0 Å². The first kappa shape index (κ1) is 16.8. The van der Waals surface area contributed by atoms with Crippen LogP contribution < -0.4 is 11.1 Å². The molecule has 19 heavy (non-hydrogen) atoms. The lowest BCUT2D eigenvalue weighted by molar-refractivity contribution is -0.125. The number of nitrogens with two attached hydrogens (primary N) is 1. The first-order valence-corrected chi connectivity index (χ1v) is 7.79. The average Bonchev–Trinajstić information content (AvgIpc) is 2.74. The van der Waals surface area contributed by atoms with Crippen molar-refractivity contribution in [3.05, 3.63) is 0 Å². The number of halogens is 1. The molecule has 0 saturated heterocycles. The van der Waals surface area contributed by atoms with Crippen molar-refractivity contribution in [1.82, 2.24) is 5.32 Å². The van der Waals surface area contributed by atoms with E-state index in [2.05, 4.69) is 5.32 Å². The molecule has 2 aliphatic rings. The summed E-state index contributed by atoms with van der Waals surface area (Å²) in [4.78, 5) is 12.0. The second-order valence-corrected chi connectivity index (χ2v) is 6.23.